The van der Waals surface area contributed by atoms with E-state index in [2.05, 4.69) is 4.98 Å². The van der Waals surface area contributed by atoms with Gasteiger partial charge in [0.2, 0.25) is 0 Å². The molecule has 0 bridgehead atoms. The Kier molecular flexibility index (Phi) is 5.10. The number of hydrogen-bond acceptors (Lipinski definition) is 3. The number of aromatic nitrogens is 2. The van der Waals surface area contributed by atoms with Crippen molar-refractivity contribution >= 4 is 5.97 Å². The third-order valence-electron chi connectivity index (χ3n) is 2.37. The second-order valence-electron chi connectivity index (χ2n) is 3.52. The van der Waals surface area contributed by atoms with Crippen LogP contribution in [0.4, 0.5) is 0 Å². The van der Waals surface area contributed by atoms with Gasteiger partial charge in [0.05, 0.1) is 24.2 Å². The third kappa shape index (κ3) is 3.20. The van der Waals surface area contributed by atoms with Gasteiger partial charge in [-0.1, -0.05) is 12.1 Å². The van der Waals surface area contributed by atoms with Crippen LogP contribution in [0.1, 0.15) is 23.0 Å². The first kappa shape index (κ1) is 14.5. The van der Waals surface area contributed by atoms with Gasteiger partial charge in [0, 0.05) is 6.54 Å². The van der Waals surface area contributed by atoms with Gasteiger partial charge in [0.1, 0.15) is 5.69 Å². The molecule has 1 aromatic heterocycles. The number of rotatable bonds is 3. The maximum Gasteiger partial charge on any atom is 1.00 e. The number of aromatic carboxylic acids is 1. The van der Waals surface area contributed by atoms with E-state index in [1.165, 1.54) is 12.5 Å². The van der Waals surface area contributed by atoms with Crippen LogP contribution in [0.3, 0.4) is 0 Å². The zero-order chi connectivity index (χ0) is 12.3. The molecule has 2 rings (SSSR count). The Hall–Kier alpha value is -1.61. The molecule has 1 N–H and O–H groups in total. The molecule has 0 saturated carbocycles. The summed E-state index contributed by atoms with van der Waals surface area (Å²) in [5.74, 6) is -1.00. The van der Waals surface area contributed by atoms with Gasteiger partial charge in [-0.15, -0.1) is 0 Å². The van der Waals surface area contributed by atoms with Crippen molar-refractivity contribution in [3.8, 4) is 6.07 Å². The van der Waals surface area contributed by atoms with Crippen molar-refractivity contribution in [3.63, 3.8) is 0 Å². The molecule has 5 nitrogen and oxygen atoms in total. The van der Waals surface area contributed by atoms with E-state index in [1.807, 2.05) is 6.07 Å². The fourth-order valence-corrected chi connectivity index (χ4v) is 1.51. The topological polar surface area (TPSA) is 78.9 Å². The Morgan fingerprint density at radius 3 is 2.67 bits per heavy atom. The molecule has 2 aromatic rings. The summed E-state index contributed by atoms with van der Waals surface area (Å²) in [7, 11) is 0. The first-order valence-corrected chi connectivity index (χ1v) is 4.93. The predicted molar refractivity (Wildman–Crippen MR) is 60.6 cm³/mol. The van der Waals surface area contributed by atoms with E-state index < -0.39 is 5.97 Å². The second kappa shape index (κ2) is 6.36. The van der Waals surface area contributed by atoms with Gasteiger partial charge < -0.3 is 11.1 Å². The third-order valence-corrected chi connectivity index (χ3v) is 2.37. The fourth-order valence-electron chi connectivity index (χ4n) is 1.51. The van der Waals surface area contributed by atoms with Crippen LogP contribution in [0.25, 0.3) is 0 Å². The second-order valence-corrected chi connectivity index (χ2v) is 3.52. The van der Waals surface area contributed by atoms with E-state index in [9.17, 15) is 4.79 Å². The predicted octanol–water partition coefficient (Wildman–Crippen LogP) is -1.38. The summed E-state index contributed by atoms with van der Waals surface area (Å²) in [5.41, 5.74) is 1.65. The van der Waals surface area contributed by atoms with E-state index in [0.29, 0.717) is 12.1 Å². The Labute approximate surface area is 127 Å². The van der Waals surface area contributed by atoms with Gasteiger partial charge >= 0.3 is 35.5 Å². The quantitative estimate of drug-likeness (QED) is 0.682. The maximum absolute atomic E-state index is 10.9. The van der Waals surface area contributed by atoms with Crippen LogP contribution in [0, 0.1) is 11.3 Å². The molecule has 0 aliphatic heterocycles. The molecule has 0 saturated heterocycles. The molecule has 18 heavy (non-hydrogen) atoms. The van der Waals surface area contributed by atoms with Crippen LogP contribution in [-0.4, -0.2) is 20.6 Å². The summed E-state index contributed by atoms with van der Waals surface area (Å²) in [6.45, 7) is 0.424. The SMILES string of the molecule is N#Cc1ccc(Cn2cncc2C(=O)O)cc1.[H-].[Na+]. The van der Waals surface area contributed by atoms with Crippen LogP contribution in [-0.2, 0) is 6.54 Å². The normalized spacial score (nSPS) is 9.28. The number of carboxylic acid groups (broad SMARTS) is 1. The Balaban J connectivity index is 0.00000162. The Morgan fingerprint density at radius 1 is 1.44 bits per heavy atom. The average molecular weight is 251 g/mol. The molecular formula is C12H10N3NaO2. The van der Waals surface area contributed by atoms with Crippen LogP contribution in [0.2, 0.25) is 0 Å². The molecule has 0 aliphatic rings. The number of hydrogen-bond donors (Lipinski definition) is 1. The molecule has 0 unspecified atom stereocenters. The number of carboxylic acids is 1. The van der Waals surface area contributed by atoms with E-state index in [0.717, 1.165) is 5.56 Å². The summed E-state index contributed by atoms with van der Waals surface area (Å²) in [6, 6.07) is 9.02. The van der Waals surface area contributed by atoms with Gasteiger partial charge in [0.15, 0.2) is 0 Å². The number of carbonyl (C=O) groups is 1. The molecular weight excluding hydrogens is 241 g/mol. The van der Waals surface area contributed by atoms with Crippen molar-refractivity contribution in [2.24, 2.45) is 0 Å². The number of nitrogens with zero attached hydrogens (tertiary/aromatic N) is 3. The van der Waals surface area contributed by atoms with E-state index >= 15 is 0 Å². The molecule has 0 radical (unpaired) electrons. The van der Waals surface area contributed by atoms with Crippen LogP contribution in [0.5, 0.6) is 0 Å². The largest absolute Gasteiger partial charge is 1.00 e. The zero-order valence-corrected chi connectivity index (χ0v) is 11.9. The summed E-state index contributed by atoms with van der Waals surface area (Å²) in [6.07, 6.45) is 2.79. The van der Waals surface area contributed by atoms with Crippen LogP contribution in [0.15, 0.2) is 36.8 Å². The zero-order valence-electron chi connectivity index (χ0n) is 10.9. The van der Waals surface area contributed by atoms with Crippen molar-refractivity contribution in [1.29, 1.82) is 5.26 Å². The number of imidazole rings is 1. The molecule has 0 aliphatic carbocycles. The van der Waals surface area contributed by atoms with E-state index in [1.54, 1.807) is 28.8 Å². The summed E-state index contributed by atoms with van der Waals surface area (Å²) in [4.78, 5) is 14.7. The molecule has 86 valence electrons. The minimum absolute atomic E-state index is 0. The van der Waals surface area contributed by atoms with Gasteiger partial charge in [-0.3, -0.25) is 0 Å². The maximum atomic E-state index is 10.9. The van der Waals surface area contributed by atoms with Crippen molar-refractivity contribution < 1.29 is 40.9 Å². The fraction of sp³-hybridized carbons (Fsp3) is 0.0833. The Morgan fingerprint density at radius 2 is 2.11 bits per heavy atom. The molecule has 0 fully saturated rings. The van der Waals surface area contributed by atoms with Crippen molar-refractivity contribution in [1.82, 2.24) is 9.55 Å². The number of benzene rings is 1. The average Bonchev–Trinajstić information content (AvgIpc) is 2.78. The molecule has 0 amide bonds. The monoisotopic (exact) mass is 251 g/mol. The van der Waals surface area contributed by atoms with Crippen molar-refractivity contribution in [2.45, 2.75) is 6.54 Å². The molecule has 1 heterocycles. The Bertz CT molecular complexity index is 590. The number of nitriles is 1. The van der Waals surface area contributed by atoms with E-state index in [-0.39, 0.29) is 36.7 Å². The first-order valence-electron chi connectivity index (χ1n) is 4.93. The summed E-state index contributed by atoms with van der Waals surface area (Å²) >= 11 is 0. The van der Waals surface area contributed by atoms with Gasteiger partial charge in [-0.05, 0) is 17.7 Å². The molecule has 0 spiro atoms. The van der Waals surface area contributed by atoms with Gasteiger partial charge in [0.25, 0.3) is 0 Å². The van der Waals surface area contributed by atoms with Crippen molar-refractivity contribution in [3.05, 3.63) is 53.6 Å². The molecule has 0 atom stereocenters. The first-order chi connectivity index (χ1) is 8.20. The minimum Gasteiger partial charge on any atom is -1.00 e. The van der Waals surface area contributed by atoms with Gasteiger partial charge in [-0.25, -0.2) is 9.78 Å². The summed E-state index contributed by atoms with van der Waals surface area (Å²) < 4.78 is 1.55. The van der Waals surface area contributed by atoms with Crippen molar-refractivity contribution in [2.75, 3.05) is 0 Å². The molecule has 1 aromatic carbocycles. The van der Waals surface area contributed by atoms with E-state index in [4.69, 9.17) is 10.4 Å². The summed E-state index contributed by atoms with van der Waals surface area (Å²) in [5, 5.41) is 17.6. The smallest absolute Gasteiger partial charge is 1.00 e. The van der Waals surface area contributed by atoms with Crippen LogP contribution < -0.4 is 29.6 Å². The minimum atomic E-state index is -1.00. The standard InChI is InChI=1S/C12H9N3O2.Na.H/c13-5-9-1-3-10(4-2-9)7-15-8-14-6-11(15)12(16)17;;/h1-4,6,8H,7H2,(H,16,17);;/q;+1;-1. The van der Waals surface area contributed by atoms with Gasteiger partial charge in [-0.2, -0.15) is 5.26 Å². The van der Waals surface area contributed by atoms with Crippen LogP contribution >= 0.6 is 0 Å². The molecule has 6 heteroatoms.